The number of carbonyl (C=O) groups excluding carboxylic acids is 2. The Balaban J connectivity index is 2.22. The van der Waals surface area contributed by atoms with Gasteiger partial charge in [0.15, 0.2) is 0 Å². The van der Waals surface area contributed by atoms with Crippen molar-refractivity contribution in [3.05, 3.63) is 22.4 Å². The predicted octanol–water partition coefficient (Wildman–Crippen LogP) is 0.598. The van der Waals surface area contributed by atoms with Crippen molar-refractivity contribution in [3.8, 4) is 0 Å². The summed E-state index contributed by atoms with van der Waals surface area (Å²) in [5.74, 6) is -2.24. The van der Waals surface area contributed by atoms with Crippen LogP contribution in [0.4, 0.5) is 0 Å². The molecule has 1 aromatic heterocycles. The van der Waals surface area contributed by atoms with Gasteiger partial charge in [-0.1, -0.05) is 6.07 Å². The Hall–Kier alpha value is -1.89. The molecule has 2 atom stereocenters. The third kappa shape index (κ3) is 2.93. The van der Waals surface area contributed by atoms with Crippen molar-refractivity contribution < 1.29 is 19.5 Å². The fraction of sp³-hybridized carbons (Fsp3) is 0.417. The molecule has 1 saturated heterocycles. The van der Waals surface area contributed by atoms with Crippen molar-refractivity contribution in [2.45, 2.75) is 18.9 Å². The van der Waals surface area contributed by atoms with Gasteiger partial charge in [0.1, 0.15) is 0 Å². The van der Waals surface area contributed by atoms with Crippen molar-refractivity contribution >= 4 is 29.1 Å². The SMILES string of the molecule is NC(=O)C1CC(=O)N(C(CC(=O)O)c2cccs2)C1. The number of thiophene rings is 1. The van der Waals surface area contributed by atoms with E-state index in [0.29, 0.717) is 0 Å². The number of likely N-dealkylation sites (tertiary alicyclic amines) is 1. The van der Waals surface area contributed by atoms with E-state index in [1.54, 1.807) is 12.1 Å². The largest absolute Gasteiger partial charge is 0.481 e. The summed E-state index contributed by atoms with van der Waals surface area (Å²) in [5.41, 5.74) is 5.21. The Morgan fingerprint density at radius 2 is 2.32 bits per heavy atom. The number of primary amides is 1. The molecule has 1 fully saturated rings. The second-order valence-electron chi connectivity index (χ2n) is 4.48. The van der Waals surface area contributed by atoms with Gasteiger partial charge in [-0.05, 0) is 11.4 Å². The van der Waals surface area contributed by atoms with Crippen LogP contribution in [-0.4, -0.2) is 34.3 Å². The maximum absolute atomic E-state index is 11.9. The summed E-state index contributed by atoms with van der Waals surface area (Å²) < 4.78 is 0. The molecule has 6 nitrogen and oxygen atoms in total. The second-order valence-corrected chi connectivity index (χ2v) is 5.46. The summed E-state index contributed by atoms with van der Waals surface area (Å²) in [6.45, 7) is 0.198. The van der Waals surface area contributed by atoms with Gasteiger partial charge in [0.2, 0.25) is 11.8 Å². The summed E-state index contributed by atoms with van der Waals surface area (Å²) in [4.78, 5) is 36.3. The molecule has 2 heterocycles. The lowest BCUT2D eigenvalue weighted by atomic mass is 10.1. The van der Waals surface area contributed by atoms with Crippen molar-refractivity contribution in [1.29, 1.82) is 0 Å². The zero-order chi connectivity index (χ0) is 14.0. The fourth-order valence-corrected chi connectivity index (χ4v) is 3.07. The van der Waals surface area contributed by atoms with Crippen molar-refractivity contribution in [1.82, 2.24) is 4.90 Å². The molecular weight excluding hydrogens is 268 g/mol. The van der Waals surface area contributed by atoms with Crippen LogP contribution < -0.4 is 5.73 Å². The van der Waals surface area contributed by atoms with Crippen LogP contribution in [-0.2, 0) is 14.4 Å². The molecule has 19 heavy (non-hydrogen) atoms. The fourth-order valence-electron chi connectivity index (χ4n) is 2.23. The number of nitrogens with two attached hydrogens (primary N) is 1. The standard InChI is InChI=1S/C12H14N2O4S/c13-12(18)7-4-10(15)14(6-7)8(5-11(16)17)9-2-1-3-19-9/h1-3,7-8H,4-6H2,(H2,13,18)(H,16,17). The Labute approximate surface area is 113 Å². The average molecular weight is 282 g/mol. The molecule has 0 spiro atoms. The molecule has 102 valence electrons. The first kappa shape index (κ1) is 13.5. The van der Waals surface area contributed by atoms with E-state index in [0.717, 1.165) is 4.88 Å². The van der Waals surface area contributed by atoms with E-state index in [9.17, 15) is 14.4 Å². The minimum atomic E-state index is -0.978. The lowest BCUT2D eigenvalue weighted by Crippen LogP contribution is -2.33. The van der Waals surface area contributed by atoms with E-state index >= 15 is 0 Å². The molecule has 3 N–H and O–H groups in total. The molecule has 0 bridgehead atoms. The third-order valence-corrected chi connectivity index (χ3v) is 4.15. The summed E-state index contributed by atoms with van der Waals surface area (Å²) in [6, 6.07) is 3.08. The van der Waals surface area contributed by atoms with E-state index in [2.05, 4.69) is 0 Å². The number of hydrogen-bond acceptors (Lipinski definition) is 4. The van der Waals surface area contributed by atoms with Crippen LogP contribution in [0.15, 0.2) is 17.5 Å². The van der Waals surface area contributed by atoms with Gasteiger partial charge in [0.25, 0.3) is 0 Å². The smallest absolute Gasteiger partial charge is 0.305 e. The number of carboxylic acid groups (broad SMARTS) is 1. The van der Waals surface area contributed by atoms with Crippen molar-refractivity contribution in [2.75, 3.05) is 6.54 Å². The van der Waals surface area contributed by atoms with Crippen LogP contribution >= 0.6 is 11.3 Å². The first-order chi connectivity index (χ1) is 8.99. The van der Waals surface area contributed by atoms with Gasteiger partial charge in [-0.2, -0.15) is 0 Å². The maximum atomic E-state index is 11.9. The number of aliphatic carboxylic acids is 1. The predicted molar refractivity (Wildman–Crippen MR) is 68.3 cm³/mol. The molecule has 0 radical (unpaired) electrons. The maximum Gasteiger partial charge on any atom is 0.305 e. The molecule has 0 saturated carbocycles. The third-order valence-electron chi connectivity index (χ3n) is 3.18. The van der Waals surface area contributed by atoms with Gasteiger partial charge in [0.05, 0.1) is 18.4 Å². The first-order valence-electron chi connectivity index (χ1n) is 5.83. The summed E-state index contributed by atoms with van der Waals surface area (Å²) >= 11 is 1.40. The van der Waals surface area contributed by atoms with Gasteiger partial charge in [-0.15, -0.1) is 11.3 Å². The van der Waals surface area contributed by atoms with E-state index in [4.69, 9.17) is 10.8 Å². The van der Waals surface area contributed by atoms with Crippen molar-refractivity contribution in [2.24, 2.45) is 11.7 Å². The van der Waals surface area contributed by atoms with Gasteiger partial charge >= 0.3 is 5.97 Å². The molecular formula is C12H14N2O4S. The van der Waals surface area contributed by atoms with Gasteiger partial charge in [-0.3, -0.25) is 14.4 Å². The highest BCUT2D eigenvalue weighted by atomic mass is 32.1. The lowest BCUT2D eigenvalue weighted by Gasteiger charge is -2.26. The quantitative estimate of drug-likeness (QED) is 0.825. The number of amides is 2. The summed E-state index contributed by atoms with van der Waals surface area (Å²) in [6.07, 6.45) is -0.103. The molecule has 2 rings (SSSR count). The average Bonchev–Trinajstić information content (AvgIpc) is 2.94. The van der Waals surface area contributed by atoms with Crippen LogP contribution in [0.5, 0.6) is 0 Å². The molecule has 1 aliphatic heterocycles. The zero-order valence-corrected chi connectivity index (χ0v) is 10.9. The van der Waals surface area contributed by atoms with Gasteiger partial charge in [0, 0.05) is 17.8 Å². The molecule has 1 aliphatic rings. The topological polar surface area (TPSA) is 101 Å². The van der Waals surface area contributed by atoms with Gasteiger partial charge in [-0.25, -0.2) is 0 Å². The van der Waals surface area contributed by atoms with Crippen LogP contribution in [0.2, 0.25) is 0 Å². The van der Waals surface area contributed by atoms with Gasteiger partial charge < -0.3 is 15.7 Å². The van der Waals surface area contributed by atoms with E-state index in [-0.39, 0.29) is 25.3 Å². The minimum absolute atomic E-state index is 0.0663. The second kappa shape index (κ2) is 5.40. The number of carboxylic acids is 1. The first-order valence-corrected chi connectivity index (χ1v) is 6.71. The number of nitrogens with zero attached hydrogens (tertiary/aromatic N) is 1. The lowest BCUT2D eigenvalue weighted by molar-refractivity contribution is -0.139. The molecule has 1 aromatic rings. The van der Waals surface area contributed by atoms with E-state index in [1.165, 1.54) is 16.2 Å². The number of hydrogen-bond donors (Lipinski definition) is 2. The molecule has 2 unspecified atom stereocenters. The van der Waals surface area contributed by atoms with Crippen LogP contribution in [0.1, 0.15) is 23.8 Å². The monoisotopic (exact) mass is 282 g/mol. The minimum Gasteiger partial charge on any atom is -0.481 e. The Bertz CT molecular complexity index is 500. The van der Waals surface area contributed by atoms with Crippen molar-refractivity contribution in [3.63, 3.8) is 0 Å². The van der Waals surface area contributed by atoms with Crippen LogP contribution in [0.3, 0.4) is 0 Å². The summed E-state index contributed by atoms with van der Waals surface area (Å²) in [5, 5.41) is 10.8. The van der Waals surface area contributed by atoms with Crippen LogP contribution in [0, 0.1) is 5.92 Å². The Kier molecular flexibility index (Phi) is 3.84. The molecule has 2 amide bonds. The molecule has 0 aliphatic carbocycles. The Morgan fingerprint density at radius 1 is 1.58 bits per heavy atom. The normalized spacial score (nSPS) is 20.5. The highest BCUT2D eigenvalue weighted by Crippen LogP contribution is 2.33. The number of rotatable bonds is 5. The number of carbonyl (C=O) groups is 3. The van der Waals surface area contributed by atoms with E-state index < -0.39 is 23.8 Å². The Morgan fingerprint density at radius 3 is 2.79 bits per heavy atom. The zero-order valence-electron chi connectivity index (χ0n) is 10.1. The molecule has 0 aromatic carbocycles. The molecule has 7 heteroatoms. The highest BCUT2D eigenvalue weighted by Gasteiger charge is 2.38. The van der Waals surface area contributed by atoms with E-state index in [1.807, 2.05) is 5.38 Å². The van der Waals surface area contributed by atoms with Crippen LogP contribution in [0.25, 0.3) is 0 Å². The summed E-state index contributed by atoms with van der Waals surface area (Å²) in [7, 11) is 0. The highest BCUT2D eigenvalue weighted by molar-refractivity contribution is 7.10.